The van der Waals surface area contributed by atoms with Crippen molar-refractivity contribution >= 4 is 11.9 Å². The quantitative estimate of drug-likeness (QED) is 0.463. The van der Waals surface area contributed by atoms with Crippen molar-refractivity contribution in [2.24, 2.45) is 0 Å². The first kappa shape index (κ1) is 21.7. The van der Waals surface area contributed by atoms with Crippen molar-refractivity contribution < 1.29 is 19.0 Å². The predicted molar refractivity (Wildman–Crippen MR) is 114 cm³/mol. The van der Waals surface area contributed by atoms with Crippen molar-refractivity contribution in [2.45, 2.75) is 52.0 Å². The minimum Gasteiger partial charge on any atom is -0.497 e. The van der Waals surface area contributed by atoms with E-state index in [2.05, 4.69) is 22.3 Å². The summed E-state index contributed by atoms with van der Waals surface area (Å²) in [6, 6.07) is 4.95. The maximum Gasteiger partial charge on any atom is 0.338 e. The van der Waals surface area contributed by atoms with Crippen molar-refractivity contribution in [3.05, 3.63) is 41.4 Å². The summed E-state index contributed by atoms with van der Waals surface area (Å²) in [4.78, 5) is 17.4. The highest BCUT2D eigenvalue weighted by Crippen LogP contribution is 2.40. The van der Waals surface area contributed by atoms with Crippen LogP contribution in [-0.2, 0) is 9.53 Å². The van der Waals surface area contributed by atoms with Gasteiger partial charge in [0.2, 0.25) is 5.95 Å². The molecule has 0 unspecified atom stereocenters. The lowest BCUT2D eigenvalue weighted by molar-refractivity contribution is -0.139. The van der Waals surface area contributed by atoms with E-state index in [0.29, 0.717) is 35.3 Å². The highest BCUT2D eigenvalue weighted by molar-refractivity contribution is 5.92. The molecule has 2 heterocycles. The van der Waals surface area contributed by atoms with Gasteiger partial charge in [-0.2, -0.15) is 10.1 Å². The van der Waals surface area contributed by atoms with E-state index in [4.69, 9.17) is 14.2 Å². The fourth-order valence-corrected chi connectivity index (χ4v) is 3.64. The molecule has 1 aromatic heterocycles. The smallest absolute Gasteiger partial charge is 0.338 e. The third-order valence-electron chi connectivity index (χ3n) is 5.23. The summed E-state index contributed by atoms with van der Waals surface area (Å²) in [7, 11) is 3.20. The van der Waals surface area contributed by atoms with E-state index in [9.17, 15) is 4.79 Å². The standard InChI is InChI=1S/C22H30N4O4/c1-5-6-7-8-9-12-30-21(27)19-15(2)25-22-23-14-24-26(22)20(19)17-13-16(28-3)10-11-18(17)29-4/h10-11,13-14,20H,5-9,12H2,1-4H3,(H,23,24,25)/t20-/m0/s1. The SMILES string of the molecule is CCCCCCCOC(=O)C1=C(C)Nc2ncnn2[C@H]1c1cc(OC)ccc1OC. The van der Waals surface area contributed by atoms with Gasteiger partial charge in [0.1, 0.15) is 23.9 Å². The number of rotatable bonds is 10. The number of methoxy groups -OCH3 is 2. The van der Waals surface area contributed by atoms with Crippen molar-refractivity contribution in [1.29, 1.82) is 0 Å². The number of nitrogens with zero attached hydrogens (tertiary/aromatic N) is 3. The number of ether oxygens (including phenoxy) is 3. The van der Waals surface area contributed by atoms with Gasteiger partial charge in [0.05, 0.1) is 26.4 Å². The summed E-state index contributed by atoms with van der Waals surface area (Å²) in [6.45, 7) is 4.41. The van der Waals surface area contributed by atoms with Crippen molar-refractivity contribution in [2.75, 3.05) is 26.1 Å². The molecule has 0 fully saturated rings. The van der Waals surface area contributed by atoms with Gasteiger partial charge in [-0.3, -0.25) is 0 Å². The van der Waals surface area contributed by atoms with Gasteiger partial charge in [0.15, 0.2) is 0 Å². The van der Waals surface area contributed by atoms with Crippen LogP contribution in [0.1, 0.15) is 57.6 Å². The number of fused-ring (bicyclic) bond motifs is 1. The third kappa shape index (κ3) is 4.58. The molecule has 0 bridgehead atoms. The summed E-state index contributed by atoms with van der Waals surface area (Å²) >= 11 is 0. The molecule has 162 valence electrons. The maximum atomic E-state index is 13.1. The van der Waals surface area contributed by atoms with Crippen LogP contribution >= 0.6 is 0 Å². The summed E-state index contributed by atoms with van der Waals surface area (Å²) in [5.74, 6) is 1.47. The Kier molecular flexibility index (Phi) is 7.32. The molecule has 1 aromatic carbocycles. The number of unbranched alkanes of at least 4 members (excludes halogenated alkanes) is 4. The highest BCUT2D eigenvalue weighted by atomic mass is 16.5. The number of carbonyl (C=O) groups excluding carboxylic acids is 1. The zero-order chi connectivity index (χ0) is 21.5. The Morgan fingerprint density at radius 1 is 1.17 bits per heavy atom. The second kappa shape index (κ2) is 10.1. The van der Waals surface area contributed by atoms with Gasteiger partial charge >= 0.3 is 5.97 Å². The van der Waals surface area contributed by atoms with E-state index in [-0.39, 0.29) is 5.97 Å². The third-order valence-corrected chi connectivity index (χ3v) is 5.23. The molecule has 1 aliphatic heterocycles. The Balaban J connectivity index is 1.90. The van der Waals surface area contributed by atoms with Crippen LogP contribution in [0.2, 0.25) is 0 Å². The number of aromatic nitrogens is 3. The number of anilines is 1. The summed E-state index contributed by atoms with van der Waals surface area (Å²) < 4.78 is 18.3. The van der Waals surface area contributed by atoms with Crippen LogP contribution in [0.5, 0.6) is 11.5 Å². The summed E-state index contributed by atoms with van der Waals surface area (Å²) in [5.41, 5.74) is 1.91. The maximum absolute atomic E-state index is 13.1. The molecule has 1 N–H and O–H groups in total. The number of hydrogen-bond acceptors (Lipinski definition) is 7. The largest absolute Gasteiger partial charge is 0.497 e. The van der Waals surface area contributed by atoms with E-state index in [1.54, 1.807) is 18.9 Å². The first-order valence-electron chi connectivity index (χ1n) is 10.4. The van der Waals surface area contributed by atoms with Crippen molar-refractivity contribution in [3.63, 3.8) is 0 Å². The minimum atomic E-state index is -0.540. The number of nitrogens with one attached hydrogen (secondary N) is 1. The minimum absolute atomic E-state index is 0.369. The van der Waals surface area contributed by atoms with E-state index < -0.39 is 6.04 Å². The van der Waals surface area contributed by atoms with Crippen molar-refractivity contribution in [3.8, 4) is 11.5 Å². The molecule has 0 aliphatic carbocycles. The van der Waals surface area contributed by atoms with Crippen molar-refractivity contribution in [1.82, 2.24) is 14.8 Å². The second-order valence-electron chi connectivity index (χ2n) is 7.25. The molecule has 0 saturated heterocycles. The first-order chi connectivity index (χ1) is 14.6. The second-order valence-corrected chi connectivity index (χ2v) is 7.25. The molecule has 30 heavy (non-hydrogen) atoms. The summed E-state index contributed by atoms with van der Waals surface area (Å²) in [6.07, 6.45) is 6.91. The fraction of sp³-hybridized carbons (Fsp3) is 0.500. The van der Waals surface area contributed by atoms with E-state index in [0.717, 1.165) is 24.8 Å². The van der Waals surface area contributed by atoms with Crippen LogP contribution in [0.4, 0.5) is 5.95 Å². The number of carbonyl (C=O) groups is 1. The molecule has 8 nitrogen and oxygen atoms in total. The normalized spacial score (nSPS) is 15.4. The summed E-state index contributed by atoms with van der Waals surface area (Å²) in [5, 5.41) is 7.50. The van der Waals surface area contributed by atoms with E-state index >= 15 is 0 Å². The molecular weight excluding hydrogens is 384 g/mol. The Labute approximate surface area is 177 Å². The number of allylic oxidation sites excluding steroid dienone is 1. The number of hydrogen-bond donors (Lipinski definition) is 1. The van der Waals surface area contributed by atoms with E-state index in [1.807, 2.05) is 25.1 Å². The van der Waals surface area contributed by atoms with Gasteiger partial charge < -0.3 is 19.5 Å². The zero-order valence-corrected chi connectivity index (χ0v) is 18.1. The molecule has 0 saturated carbocycles. The lowest BCUT2D eigenvalue weighted by Crippen LogP contribution is -2.30. The molecule has 3 rings (SSSR count). The van der Waals surface area contributed by atoms with Crippen LogP contribution in [0.3, 0.4) is 0 Å². The molecule has 0 amide bonds. The van der Waals surface area contributed by atoms with Crippen LogP contribution in [-0.4, -0.2) is 41.6 Å². The average Bonchev–Trinajstić information content (AvgIpc) is 3.22. The Morgan fingerprint density at radius 3 is 2.70 bits per heavy atom. The van der Waals surface area contributed by atoms with Gasteiger partial charge in [0.25, 0.3) is 0 Å². The van der Waals surface area contributed by atoms with Crippen LogP contribution < -0.4 is 14.8 Å². The Morgan fingerprint density at radius 2 is 1.97 bits per heavy atom. The average molecular weight is 415 g/mol. The van der Waals surface area contributed by atoms with Crippen LogP contribution in [0.15, 0.2) is 35.8 Å². The van der Waals surface area contributed by atoms with E-state index in [1.165, 1.54) is 19.2 Å². The Hall–Kier alpha value is -3.03. The van der Waals surface area contributed by atoms with Crippen LogP contribution in [0, 0.1) is 0 Å². The Bertz CT molecular complexity index is 906. The number of esters is 1. The molecule has 2 aromatic rings. The fourth-order valence-electron chi connectivity index (χ4n) is 3.64. The van der Waals surface area contributed by atoms with Gasteiger partial charge in [-0.05, 0) is 31.5 Å². The lowest BCUT2D eigenvalue weighted by Gasteiger charge is -2.29. The zero-order valence-electron chi connectivity index (χ0n) is 18.1. The first-order valence-corrected chi connectivity index (χ1v) is 10.4. The monoisotopic (exact) mass is 414 g/mol. The predicted octanol–water partition coefficient (Wildman–Crippen LogP) is 4.10. The highest BCUT2D eigenvalue weighted by Gasteiger charge is 2.36. The van der Waals surface area contributed by atoms with Crippen LogP contribution in [0.25, 0.3) is 0 Å². The van der Waals surface area contributed by atoms with Gasteiger partial charge in [-0.15, -0.1) is 0 Å². The molecule has 1 atom stereocenters. The molecule has 1 aliphatic rings. The molecular formula is C22H30N4O4. The van der Waals surface area contributed by atoms with Gasteiger partial charge in [-0.1, -0.05) is 32.6 Å². The van der Waals surface area contributed by atoms with Gasteiger partial charge in [-0.25, -0.2) is 9.48 Å². The van der Waals surface area contributed by atoms with Gasteiger partial charge in [0, 0.05) is 11.3 Å². The number of benzene rings is 1. The molecule has 0 spiro atoms. The topological polar surface area (TPSA) is 87.5 Å². The molecule has 8 heteroatoms. The molecule has 0 radical (unpaired) electrons. The lowest BCUT2D eigenvalue weighted by atomic mass is 9.94.